The number of likely N-dealkylation sites (tertiary alicyclic amines) is 1. The van der Waals surface area contributed by atoms with Crippen LogP contribution in [0, 0.1) is 10.1 Å². The molecule has 1 N–H and O–H groups in total. The smallest absolute Gasteiger partial charge is 0.317 e. The van der Waals surface area contributed by atoms with Gasteiger partial charge in [0.25, 0.3) is 5.69 Å². The second-order valence-electron chi connectivity index (χ2n) is 6.73. The third kappa shape index (κ3) is 6.21. The fraction of sp³-hybridized carbons (Fsp3) is 0.556. The molecule has 0 radical (unpaired) electrons. The van der Waals surface area contributed by atoms with Gasteiger partial charge in [-0.2, -0.15) is 0 Å². The molecule has 27 heavy (non-hydrogen) atoms. The third-order valence-electron chi connectivity index (χ3n) is 4.73. The Bertz CT molecular complexity index is 682. The van der Waals surface area contributed by atoms with Crippen LogP contribution in [0.4, 0.5) is 5.69 Å². The van der Waals surface area contributed by atoms with Gasteiger partial charge < -0.3 is 10.0 Å². The normalized spacial score (nSPS) is 18.8. The second kappa shape index (κ2) is 9.70. The molecule has 1 heterocycles. The van der Waals surface area contributed by atoms with Crippen LogP contribution in [-0.2, 0) is 9.59 Å². The van der Waals surface area contributed by atoms with Gasteiger partial charge in [0.2, 0.25) is 5.91 Å². The first-order chi connectivity index (χ1) is 12.8. The Hall–Kier alpha value is -2.13. The molecule has 2 atom stereocenters. The highest BCUT2D eigenvalue weighted by atomic mass is 32.2. The number of thioether (sulfide) groups is 1. The van der Waals surface area contributed by atoms with Crippen molar-refractivity contribution in [2.45, 2.75) is 42.4 Å². The maximum atomic E-state index is 12.8. The first-order valence-electron chi connectivity index (χ1n) is 8.90. The van der Waals surface area contributed by atoms with Gasteiger partial charge in [-0.25, -0.2) is 0 Å². The van der Waals surface area contributed by atoms with Gasteiger partial charge in [0, 0.05) is 36.2 Å². The highest BCUT2D eigenvalue weighted by Gasteiger charge is 2.27. The number of carbonyl (C=O) groups is 2. The minimum Gasteiger partial charge on any atom is -0.480 e. The summed E-state index contributed by atoms with van der Waals surface area (Å²) < 4.78 is 0. The van der Waals surface area contributed by atoms with Crippen LogP contribution in [0.25, 0.3) is 0 Å². The number of nitrogens with zero attached hydrogens (tertiary/aromatic N) is 3. The van der Waals surface area contributed by atoms with Crippen molar-refractivity contribution in [3.8, 4) is 0 Å². The third-order valence-corrected chi connectivity index (χ3v) is 5.82. The van der Waals surface area contributed by atoms with Crippen LogP contribution in [0.15, 0.2) is 29.2 Å². The van der Waals surface area contributed by atoms with Crippen LogP contribution in [-0.4, -0.2) is 69.7 Å². The van der Waals surface area contributed by atoms with Crippen molar-refractivity contribution < 1.29 is 19.6 Å². The molecule has 0 aliphatic carbocycles. The largest absolute Gasteiger partial charge is 0.480 e. The van der Waals surface area contributed by atoms with Gasteiger partial charge in [-0.15, -0.1) is 11.8 Å². The number of aliphatic carboxylic acids is 1. The Labute approximate surface area is 162 Å². The number of rotatable bonds is 7. The minimum absolute atomic E-state index is 0.00497. The summed E-state index contributed by atoms with van der Waals surface area (Å²) in [6.07, 6.45) is 2.47. The molecule has 0 aromatic heterocycles. The maximum absolute atomic E-state index is 12.8. The van der Waals surface area contributed by atoms with Crippen LogP contribution < -0.4 is 0 Å². The van der Waals surface area contributed by atoms with Crippen molar-refractivity contribution in [1.82, 2.24) is 9.80 Å². The molecule has 1 fully saturated rings. The maximum Gasteiger partial charge on any atom is 0.317 e. The van der Waals surface area contributed by atoms with E-state index in [9.17, 15) is 19.7 Å². The van der Waals surface area contributed by atoms with Gasteiger partial charge >= 0.3 is 5.97 Å². The number of amides is 1. The highest BCUT2D eigenvalue weighted by molar-refractivity contribution is 8.00. The number of carbonyl (C=O) groups excluding carboxylic acids is 1. The minimum atomic E-state index is -0.845. The Kier molecular flexibility index (Phi) is 7.61. The van der Waals surface area contributed by atoms with E-state index in [1.54, 1.807) is 12.1 Å². The summed E-state index contributed by atoms with van der Waals surface area (Å²) in [6, 6.07) is 6.36. The van der Waals surface area contributed by atoms with Crippen molar-refractivity contribution in [2.24, 2.45) is 0 Å². The summed E-state index contributed by atoms with van der Waals surface area (Å²) in [5, 5.41) is 19.4. The predicted molar refractivity (Wildman–Crippen MR) is 103 cm³/mol. The number of non-ortho nitro benzene ring substituents is 1. The highest BCUT2D eigenvalue weighted by Crippen LogP contribution is 2.27. The fourth-order valence-corrected chi connectivity index (χ4v) is 4.19. The van der Waals surface area contributed by atoms with Crippen molar-refractivity contribution in [3.63, 3.8) is 0 Å². The summed E-state index contributed by atoms with van der Waals surface area (Å²) in [6.45, 7) is 3.12. The molecular weight excluding hydrogens is 370 g/mol. The SMILES string of the molecule is CC(Sc1ccc([N+](=O)[O-])cc1)C(=O)N1CCCC(N(C)CC(=O)O)CC1. The molecular formula is C18H25N3O5S. The van der Waals surface area contributed by atoms with Crippen molar-refractivity contribution in [3.05, 3.63) is 34.4 Å². The lowest BCUT2D eigenvalue weighted by atomic mass is 10.1. The van der Waals surface area contributed by atoms with E-state index in [1.807, 2.05) is 23.8 Å². The Balaban J connectivity index is 1.90. The number of nitro benzene ring substituents is 1. The van der Waals surface area contributed by atoms with Crippen LogP contribution >= 0.6 is 11.8 Å². The van der Waals surface area contributed by atoms with E-state index in [-0.39, 0.29) is 29.4 Å². The molecule has 2 unspecified atom stereocenters. The van der Waals surface area contributed by atoms with Crippen LogP contribution in [0.2, 0.25) is 0 Å². The van der Waals surface area contributed by atoms with E-state index in [2.05, 4.69) is 0 Å². The van der Waals surface area contributed by atoms with Gasteiger partial charge in [-0.1, -0.05) is 0 Å². The molecule has 8 nitrogen and oxygen atoms in total. The van der Waals surface area contributed by atoms with E-state index in [0.29, 0.717) is 13.1 Å². The summed E-state index contributed by atoms with van der Waals surface area (Å²) >= 11 is 1.39. The lowest BCUT2D eigenvalue weighted by Crippen LogP contribution is -2.39. The number of hydrogen-bond donors (Lipinski definition) is 1. The first-order valence-corrected chi connectivity index (χ1v) is 9.78. The lowest BCUT2D eigenvalue weighted by Gasteiger charge is -2.26. The van der Waals surface area contributed by atoms with Gasteiger partial charge in [-0.3, -0.25) is 24.6 Å². The summed E-state index contributed by atoms with van der Waals surface area (Å²) in [5.41, 5.74) is 0.0300. The van der Waals surface area contributed by atoms with Gasteiger partial charge in [0.1, 0.15) is 0 Å². The molecule has 1 aromatic rings. The summed E-state index contributed by atoms with van der Waals surface area (Å²) in [5.74, 6) is -0.803. The molecule has 148 valence electrons. The fourth-order valence-electron chi connectivity index (χ4n) is 3.24. The number of benzene rings is 1. The second-order valence-corrected chi connectivity index (χ2v) is 8.14. The molecule has 1 aliphatic heterocycles. The number of hydrogen-bond acceptors (Lipinski definition) is 6. The van der Waals surface area contributed by atoms with Gasteiger partial charge in [0.15, 0.2) is 0 Å². The van der Waals surface area contributed by atoms with Crippen molar-refractivity contribution >= 4 is 29.3 Å². The van der Waals surface area contributed by atoms with Crippen molar-refractivity contribution in [1.29, 1.82) is 0 Å². The number of carboxylic acids is 1. The molecule has 1 amide bonds. The topological polar surface area (TPSA) is 104 Å². The molecule has 9 heteroatoms. The predicted octanol–water partition coefficient (Wildman–Crippen LogP) is 2.47. The van der Waals surface area contributed by atoms with E-state index in [4.69, 9.17) is 5.11 Å². The van der Waals surface area contributed by atoms with E-state index < -0.39 is 10.9 Å². The quantitative estimate of drug-likeness (QED) is 0.430. The first kappa shape index (κ1) is 21.2. The van der Waals surface area contributed by atoms with Crippen LogP contribution in [0.3, 0.4) is 0 Å². The lowest BCUT2D eigenvalue weighted by molar-refractivity contribution is -0.384. The van der Waals surface area contributed by atoms with E-state index >= 15 is 0 Å². The molecule has 1 saturated heterocycles. The monoisotopic (exact) mass is 395 g/mol. The molecule has 1 aliphatic rings. The molecule has 0 saturated carbocycles. The molecule has 2 rings (SSSR count). The standard InChI is InChI=1S/C18H25N3O5S/c1-13(27-16-7-5-15(6-8-16)21(25)26)18(24)20-10-3-4-14(9-11-20)19(2)12-17(22)23/h5-8,13-14H,3-4,9-12H2,1-2H3,(H,22,23). The molecule has 0 bridgehead atoms. The Morgan fingerprint density at radius 1 is 1.33 bits per heavy atom. The molecule has 0 spiro atoms. The number of likely N-dealkylation sites (N-methyl/N-ethyl adjacent to an activating group) is 1. The van der Waals surface area contributed by atoms with Crippen LogP contribution in [0.1, 0.15) is 26.2 Å². The average Bonchev–Trinajstić information content (AvgIpc) is 2.87. The van der Waals surface area contributed by atoms with Crippen LogP contribution in [0.5, 0.6) is 0 Å². The number of nitro groups is 1. The Morgan fingerprint density at radius 2 is 2.00 bits per heavy atom. The summed E-state index contributed by atoms with van der Waals surface area (Å²) in [4.78, 5) is 38.4. The van der Waals surface area contributed by atoms with E-state index in [0.717, 1.165) is 24.2 Å². The zero-order chi connectivity index (χ0) is 20.0. The zero-order valence-corrected chi connectivity index (χ0v) is 16.4. The summed E-state index contributed by atoms with van der Waals surface area (Å²) in [7, 11) is 1.81. The van der Waals surface area contributed by atoms with Crippen molar-refractivity contribution in [2.75, 3.05) is 26.7 Å². The Morgan fingerprint density at radius 3 is 2.59 bits per heavy atom. The van der Waals surface area contributed by atoms with Gasteiger partial charge in [-0.05, 0) is 45.4 Å². The molecule has 1 aromatic carbocycles. The van der Waals surface area contributed by atoms with Gasteiger partial charge in [0.05, 0.1) is 16.7 Å². The number of carboxylic acid groups (broad SMARTS) is 1. The zero-order valence-electron chi connectivity index (χ0n) is 15.5. The average molecular weight is 395 g/mol. The van der Waals surface area contributed by atoms with E-state index in [1.165, 1.54) is 23.9 Å².